The molecule has 0 aliphatic carbocycles. The Labute approximate surface area is 112 Å². The molecular weight excluding hydrogens is 266 g/mol. The summed E-state index contributed by atoms with van der Waals surface area (Å²) in [6.45, 7) is -0.774. The first kappa shape index (κ1) is 13.7. The summed E-state index contributed by atoms with van der Waals surface area (Å²) in [7, 11) is 0. The Hall–Kier alpha value is -2.74. The fourth-order valence-corrected chi connectivity index (χ4v) is 1.60. The van der Waals surface area contributed by atoms with Gasteiger partial charge in [0.2, 0.25) is 0 Å². The van der Waals surface area contributed by atoms with Gasteiger partial charge in [0.25, 0.3) is 11.5 Å². The van der Waals surface area contributed by atoms with Crippen LogP contribution < -0.4 is 10.9 Å². The smallest absolute Gasteiger partial charge is 0.328 e. The molecule has 0 aromatic carbocycles. The molecule has 0 radical (unpaired) electrons. The van der Waals surface area contributed by atoms with Gasteiger partial charge in [0, 0.05) is 12.4 Å². The number of aliphatic carboxylic acids is 1. The lowest BCUT2D eigenvalue weighted by molar-refractivity contribution is -0.140. The molecule has 0 spiro atoms. The van der Waals surface area contributed by atoms with E-state index in [1.807, 2.05) is 5.32 Å². The third-order valence-corrected chi connectivity index (χ3v) is 2.64. The second-order valence-electron chi connectivity index (χ2n) is 3.95. The van der Waals surface area contributed by atoms with E-state index in [0.717, 1.165) is 6.20 Å². The molecule has 2 aromatic heterocycles. The number of rotatable bonds is 4. The number of aromatic nitrogens is 2. The van der Waals surface area contributed by atoms with E-state index >= 15 is 0 Å². The highest BCUT2D eigenvalue weighted by molar-refractivity contribution is 5.96. The highest BCUT2D eigenvalue weighted by Crippen LogP contribution is 1.98. The van der Waals surface area contributed by atoms with E-state index in [2.05, 4.69) is 4.98 Å². The predicted octanol–water partition coefficient (Wildman–Crippen LogP) is -1.13. The Morgan fingerprint density at radius 3 is 2.80 bits per heavy atom. The van der Waals surface area contributed by atoms with Crippen molar-refractivity contribution in [3.05, 3.63) is 46.5 Å². The van der Waals surface area contributed by atoms with Crippen molar-refractivity contribution in [3.63, 3.8) is 0 Å². The number of fused-ring (bicyclic) bond motifs is 1. The Bertz CT molecular complexity index is 724. The van der Waals surface area contributed by atoms with Crippen LogP contribution in [-0.4, -0.2) is 44.1 Å². The summed E-state index contributed by atoms with van der Waals surface area (Å²) in [5.41, 5.74) is -0.547. The van der Waals surface area contributed by atoms with Gasteiger partial charge in [-0.25, -0.2) is 9.78 Å². The van der Waals surface area contributed by atoms with Crippen LogP contribution in [0.4, 0.5) is 0 Å². The average molecular weight is 277 g/mol. The van der Waals surface area contributed by atoms with Crippen LogP contribution in [0.25, 0.3) is 5.65 Å². The Morgan fingerprint density at radius 2 is 2.15 bits per heavy atom. The first-order valence-electron chi connectivity index (χ1n) is 5.65. The lowest BCUT2D eigenvalue weighted by Crippen LogP contribution is -2.45. The van der Waals surface area contributed by atoms with Crippen LogP contribution in [0.2, 0.25) is 0 Å². The molecule has 20 heavy (non-hydrogen) atoms. The van der Waals surface area contributed by atoms with Gasteiger partial charge in [0.15, 0.2) is 6.04 Å². The van der Waals surface area contributed by atoms with Gasteiger partial charge < -0.3 is 15.5 Å². The number of carboxylic acids is 1. The zero-order valence-electron chi connectivity index (χ0n) is 10.2. The lowest BCUT2D eigenvalue weighted by atomic mass is 10.2. The minimum Gasteiger partial charge on any atom is -0.480 e. The van der Waals surface area contributed by atoms with Crippen molar-refractivity contribution in [2.45, 2.75) is 6.04 Å². The number of amides is 1. The quantitative estimate of drug-likeness (QED) is 0.650. The molecule has 3 N–H and O–H groups in total. The highest BCUT2D eigenvalue weighted by atomic mass is 16.4. The summed E-state index contributed by atoms with van der Waals surface area (Å²) in [5, 5.41) is 19.6. The number of nitrogens with one attached hydrogen (secondary N) is 1. The van der Waals surface area contributed by atoms with Crippen LogP contribution in [0, 0.1) is 0 Å². The van der Waals surface area contributed by atoms with E-state index in [9.17, 15) is 14.4 Å². The third-order valence-electron chi connectivity index (χ3n) is 2.64. The van der Waals surface area contributed by atoms with Crippen molar-refractivity contribution in [2.75, 3.05) is 6.61 Å². The van der Waals surface area contributed by atoms with Gasteiger partial charge in [0.05, 0.1) is 6.61 Å². The molecule has 0 aliphatic rings. The number of pyridine rings is 1. The Kier molecular flexibility index (Phi) is 3.76. The number of hydrogen-bond acceptors (Lipinski definition) is 5. The maximum Gasteiger partial charge on any atom is 0.328 e. The summed E-state index contributed by atoms with van der Waals surface area (Å²) in [5.74, 6) is -2.29. The maximum atomic E-state index is 12.1. The molecule has 8 nitrogen and oxygen atoms in total. The van der Waals surface area contributed by atoms with Crippen LogP contribution in [0.3, 0.4) is 0 Å². The van der Waals surface area contributed by atoms with E-state index < -0.39 is 30.1 Å². The van der Waals surface area contributed by atoms with E-state index in [4.69, 9.17) is 10.2 Å². The van der Waals surface area contributed by atoms with Crippen molar-refractivity contribution < 1.29 is 19.8 Å². The number of carboxylic acid groups (broad SMARTS) is 1. The molecule has 0 unspecified atom stereocenters. The van der Waals surface area contributed by atoms with Crippen molar-refractivity contribution >= 4 is 17.5 Å². The topological polar surface area (TPSA) is 121 Å². The molecule has 0 fully saturated rings. The average Bonchev–Trinajstić information content (AvgIpc) is 2.44. The number of hydrogen-bond donors (Lipinski definition) is 3. The van der Waals surface area contributed by atoms with Crippen LogP contribution in [0.15, 0.2) is 35.4 Å². The molecular formula is C12H11N3O5. The zero-order chi connectivity index (χ0) is 14.7. The minimum absolute atomic E-state index is 0.298. The van der Waals surface area contributed by atoms with Gasteiger partial charge in [-0.15, -0.1) is 0 Å². The van der Waals surface area contributed by atoms with Gasteiger partial charge in [0.1, 0.15) is 11.2 Å². The Morgan fingerprint density at radius 1 is 1.40 bits per heavy atom. The van der Waals surface area contributed by atoms with Gasteiger partial charge in [-0.05, 0) is 12.1 Å². The first-order valence-corrected chi connectivity index (χ1v) is 5.65. The summed E-state index contributed by atoms with van der Waals surface area (Å²) >= 11 is 0. The third kappa shape index (κ3) is 2.50. The molecule has 104 valence electrons. The van der Waals surface area contributed by atoms with Gasteiger partial charge in [-0.3, -0.25) is 14.0 Å². The SMILES string of the molecule is O=C(N[C@@H](CO)C(=O)O)c1cnc2ccccn2c1=O. The molecule has 8 heteroatoms. The lowest BCUT2D eigenvalue weighted by Gasteiger charge is -2.11. The molecule has 1 amide bonds. The number of aliphatic hydroxyl groups excluding tert-OH is 1. The van der Waals surface area contributed by atoms with Crippen LogP contribution in [-0.2, 0) is 4.79 Å². The van der Waals surface area contributed by atoms with Crippen LogP contribution in [0.1, 0.15) is 10.4 Å². The largest absolute Gasteiger partial charge is 0.480 e. The minimum atomic E-state index is -1.47. The second kappa shape index (κ2) is 5.49. The molecule has 0 bridgehead atoms. The molecule has 2 aromatic rings. The van der Waals surface area contributed by atoms with Crippen molar-refractivity contribution in [1.29, 1.82) is 0 Å². The van der Waals surface area contributed by atoms with Crippen molar-refractivity contribution in [1.82, 2.24) is 14.7 Å². The molecule has 2 rings (SSSR count). The molecule has 2 heterocycles. The second-order valence-corrected chi connectivity index (χ2v) is 3.95. The van der Waals surface area contributed by atoms with E-state index in [1.54, 1.807) is 18.2 Å². The zero-order valence-corrected chi connectivity index (χ0v) is 10.2. The van der Waals surface area contributed by atoms with E-state index in [1.165, 1.54) is 10.6 Å². The van der Waals surface area contributed by atoms with Crippen molar-refractivity contribution in [2.24, 2.45) is 0 Å². The maximum absolute atomic E-state index is 12.1. The summed E-state index contributed by atoms with van der Waals surface area (Å²) < 4.78 is 1.17. The summed E-state index contributed by atoms with van der Waals surface area (Å²) in [4.78, 5) is 38.6. The number of nitrogens with zero attached hydrogens (tertiary/aromatic N) is 2. The van der Waals surface area contributed by atoms with Gasteiger partial charge in [-0.1, -0.05) is 6.07 Å². The highest BCUT2D eigenvalue weighted by Gasteiger charge is 2.21. The van der Waals surface area contributed by atoms with Crippen LogP contribution in [0.5, 0.6) is 0 Å². The molecule has 0 saturated heterocycles. The fraction of sp³-hybridized carbons (Fsp3) is 0.167. The number of aliphatic hydroxyl groups is 1. The van der Waals surface area contributed by atoms with Crippen LogP contribution >= 0.6 is 0 Å². The first-order chi connectivity index (χ1) is 9.54. The Balaban J connectivity index is 2.38. The number of carbonyl (C=O) groups excluding carboxylic acids is 1. The van der Waals surface area contributed by atoms with Gasteiger partial charge in [-0.2, -0.15) is 0 Å². The predicted molar refractivity (Wildman–Crippen MR) is 67.4 cm³/mol. The summed E-state index contributed by atoms with van der Waals surface area (Å²) in [6.07, 6.45) is 2.52. The summed E-state index contributed by atoms with van der Waals surface area (Å²) in [6, 6.07) is 3.41. The normalized spacial score (nSPS) is 12.1. The fourth-order valence-electron chi connectivity index (χ4n) is 1.60. The molecule has 0 aliphatic heterocycles. The molecule has 1 atom stereocenters. The molecule has 0 saturated carbocycles. The van der Waals surface area contributed by atoms with Crippen molar-refractivity contribution in [3.8, 4) is 0 Å². The number of carbonyl (C=O) groups is 2. The van der Waals surface area contributed by atoms with E-state index in [0.29, 0.717) is 5.65 Å². The monoisotopic (exact) mass is 277 g/mol. The van der Waals surface area contributed by atoms with E-state index in [-0.39, 0.29) is 5.56 Å². The van der Waals surface area contributed by atoms with Gasteiger partial charge >= 0.3 is 5.97 Å². The standard InChI is InChI=1S/C12H11N3O5/c16-6-8(12(19)20)14-10(17)7-5-13-9-3-1-2-4-15(9)11(7)18/h1-5,8,16H,6H2,(H,14,17)(H,19,20)/t8-/m0/s1.